The van der Waals surface area contributed by atoms with Crippen molar-refractivity contribution < 1.29 is 9.18 Å². The van der Waals surface area contributed by atoms with Crippen LogP contribution < -0.4 is 5.32 Å². The van der Waals surface area contributed by atoms with Crippen molar-refractivity contribution in [3.05, 3.63) is 70.2 Å². The summed E-state index contributed by atoms with van der Waals surface area (Å²) in [5, 5.41) is 9.72. The molecule has 7 heteroatoms. The van der Waals surface area contributed by atoms with Crippen LogP contribution in [-0.4, -0.2) is 20.7 Å². The van der Waals surface area contributed by atoms with E-state index in [4.69, 9.17) is 12.2 Å². The van der Waals surface area contributed by atoms with Crippen molar-refractivity contribution >= 4 is 18.1 Å². The Balaban J connectivity index is 1.73. The number of carbonyl (C=O) groups is 1. The summed E-state index contributed by atoms with van der Waals surface area (Å²) in [5.41, 5.74) is 2.67. The summed E-state index contributed by atoms with van der Waals surface area (Å²) in [4.78, 5) is 12.3. The van der Waals surface area contributed by atoms with Gasteiger partial charge in [0.25, 0.3) is 0 Å². The number of benzene rings is 2. The molecule has 1 aromatic heterocycles. The molecule has 2 N–H and O–H groups in total. The van der Waals surface area contributed by atoms with Crippen LogP contribution in [0.3, 0.4) is 0 Å². The van der Waals surface area contributed by atoms with Gasteiger partial charge in [-0.05, 0) is 42.9 Å². The summed E-state index contributed by atoms with van der Waals surface area (Å²) in [7, 11) is 0. The highest BCUT2D eigenvalue weighted by Crippen LogP contribution is 2.18. The standard InChI is InChI=1S/C18H17FN4OS/c1-12-4-2-6-14(8-12)17-21-22-18(25)23(17)11-16(24)20-10-13-5-3-7-15(19)9-13/h2-9H,10-11H2,1H3,(H,20,24)(H,22,25). The minimum atomic E-state index is -0.328. The van der Waals surface area contributed by atoms with Crippen LogP contribution in [0.25, 0.3) is 11.4 Å². The van der Waals surface area contributed by atoms with Crippen LogP contribution >= 0.6 is 12.2 Å². The molecule has 0 saturated carbocycles. The van der Waals surface area contributed by atoms with E-state index < -0.39 is 0 Å². The van der Waals surface area contributed by atoms with Crippen molar-refractivity contribution in [2.45, 2.75) is 20.0 Å². The number of amides is 1. The zero-order valence-electron chi connectivity index (χ0n) is 13.6. The molecular formula is C18H17FN4OS. The quantitative estimate of drug-likeness (QED) is 0.689. The molecule has 0 aliphatic rings. The third-order valence-electron chi connectivity index (χ3n) is 3.71. The fourth-order valence-corrected chi connectivity index (χ4v) is 2.71. The Labute approximate surface area is 149 Å². The fourth-order valence-electron chi connectivity index (χ4n) is 2.52. The van der Waals surface area contributed by atoms with Crippen molar-refractivity contribution in [1.82, 2.24) is 20.1 Å². The minimum Gasteiger partial charge on any atom is -0.350 e. The van der Waals surface area contributed by atoms with E-state index in [1.165, 1.54) is 12.1 Å². The Morgan fingerprint density at radius 1 is 1.28 bits per heavy atom. The smallest absolute Gasteiger partial charge is 0.240 e. The van der Waals surface area contributed by atoms with Crippen LogP contribution in [0.15, 0.2) is 48.5 Å². The van der Waals surface area contributed by atoms with Crippen LogP contribution in [0, 0.1) is 17.5 Å². The lowest BCUT2D eigenvalue weighted by atomic mass is 10.1. The van der Waals surface area contributed by atoms with Crippen molar-refractivity contribution in [2.24, 2.45) is 0 Å². The molecule has 0 spiro atoms. The van der Waals surface area contributed by atoms with Crippen LogP contribution in [0.1, 0.15) is 11.1 Å². The maximum Gasteiger partial charge on any atom is 0.240 e. The van der Waals surface area contributed by atoms with Crippen molar-refractivity contribution in [1.29, 1.82) is 0 Å². The van der Waals surface area contributed by atoms with Crippen LogP contribution in [0.4, 0.5) is 4.39 Å². The average Bonchev–Trinajstić information content (AvgIpc) is 2.94. The molecule has 128 valence electrons. The van der Waals surface area contributed by atoms with E-state index in [0.717, 1.165) is 11.1 Å². The summed E-state index contributed by atoms with van der Waals surface area (Å²) in [6, 6.07) is 13.9. The largest absolute Gasteiger partial charge is 0.350 e. The molecule has 5 nitrogen and oxygen atoms in total. The van der Waals surface area contributed by atoms with Gasteiger partial charge in [0, 0.05) is 12.1 Å². The molecule has 0 aliphatic carbocycles. The lowest BCUT2D eigenvalue weighted by Crippen LogP contribution is -2.27. The first-order chi connectivity index (χ1) is 12.0. The fraction of sp³-hybridized carbons (Fsp3) is 0.167. The number of hydrogen-bond acceptors (Lipinski definition) is 3. The molecule has 0 aliphatic heterocycles. The first kappa shape index (κ1) is 17.0. The highest BCUT2D eigenvalue weighted by molar-refractivity contribution is 7.71. The van der Waals surface area contributed by atoms with Gasteiger partial charge in [0.1, 0.15) is 12.4 Å². The molecule has 3 aromatic rings. The Morgan fingerprint density at radius 2 is 2.08 bits per heavy atom. The van der Waals surface area contributed by atoms with Crippen molar-refractivity contribution in [3.8, 4) is 11.4 Å². The van der Waals surface area contributed by atoms with Gasteiger partial charge in [-0.15, -0.1) is 0 Å². The summed E-state index contributed by atoms with van der Waals surface area (Å²) in [6.45, 7) is 2.27. The van der Waals surface area contributed by atoms with Gasteiger partial charge in [0.05, 0.1) is 0 Å². The predicted molar refractivity (Wildman–Crippen MR) is 95.8 cm³/mol. The van der Waals surface area contributed by atoms with Crippen molar-refractivity contribution in [2.75, 3.05) is 0 Å². The zero-order valence-corrected chi connectivity index (χ0v) is 14.4. The summed E-state index contributed by atoms with van der Waals surface area (Å²) in [6.07, 6.45) is 0. The first-order valence-corrected chi connectivity index (χ1v) is 8.17. The lowest BCUT2D eigenvalue weighted by Gasteiger charge is -2.09. The second-order valence-corrected chi connectivity index (χ2v) is 6.10. The number of nitrogens with one attached hydrogen (secondary N) is 2. The summed E-state index contributed by atoms with van der Waals surface area (Å²) in [5.74, 6) is 0.0517. The van der Waals surface area contributed by atoms with Gasteiger partial charge in [-0.3, -0.25) is 14.5 Å². The number of nitrogens with zero attached hydrogens (tertiary/aromatic N) is 2. The van der Waals surface area contributed by atoms with E-state index in [0.29, 0.717) is 16.2 Å². The number of halogens is 1. The number of hydrogen-bond donors (Lipinski definition) is 2. The molecular weight excluding hydrogens is 339 g/mol. The van der Waals surface area contributed by atoms with Crippen LogP contribution in [0.2, 0.25) is 0 Å². The van der Waals surface area contributed by atoms with Crippen LogP contribution in [-0.2, 0) is 17.9 Å². The van der Waals surface area contributed by atoms with Gasteiger partial charge in [0.15, 0.2) is 10.6 Å². The normalized spacial score (nSPS) is 10.6. The lowest BCUT2D eigenvalue weighted by molar-refractivity contribution is -0.121. The number of H-pyrrole nitrogens is 1. The summed E-state index contributed by atoms with van der Waals surface area (Å²) < 4.78 is 15.2. The second kappa shape index (κ2) is 7.40. The maximum atomic E-state index is 13.2. The molecule has 0 unspecified atom stereocenters. The number of aromatic nitrogens is 3. The minimum absolute atomic E-state index is 0.0356. The van der Waals surface area contributed by atoms with Crippen LogP contribution in [0.5, 0.6) is 0 Å². The summed E-state index contributed by atoms with van der Waals surface area (Å²) >= 11 is 5.23. The van der Waals surface area contributed by atoms with Crippen molar-refractivity contribution in [3.63, 3.8) is 0 Å². The molecule has 0 atom stereocenters. The molecule has 1 heterocycles. The number of carbonyl (C=O) groups excluding carboxylic acids is 1. The van der Waals surface area contributed by atoms with Gasteiger partial charge in [-0.2, -0.15) is 5.10 Å². The van der Waals surface area contributed by atoms with Gasteiger partial charge < -0.3 is 5.32 Å². The van der Waals surface area contributed by atoms with E-state index >= 15 is 0 Å². The third kappa shape index (κ3) is 4.19. The Hall–Kier alpha value is -2.80. The number of aromatic amines is 1. The molecule has 3 rings (SSSR count). The first-order valence-electron chi connectivity index (χ1n) is 7.76. The van der Waals surface area contributed by atoms with Gasteiger partial charge in [0.2, 0.25) is 5.91 Å². The Morgan fingerprint density at radius 3 is 2.84 bits per heavy atom. The number of aryl methyl sites for hydroxylation is 1. The maximum absolute atomic E-state index is 13.2. The molecule has 25 heavy (non-hydrogen) atoms. The molecule has 1 amide bonds. The van der Waals surface area contributed by atoms with Gasteiger partial charge in [-0.25, -0.2) is 4.39 Å². The molecule has 0 bridgehead atoms. The zero-order chi connectivity index (χ0) is 17.8. The Kier molecular flexibility index (Phi) is 5.04. The molecule has 0 radical (unpaired) electrons. The van der Waals surface area contributed by atoms with Gasteiger partial charge in [-0.1, -0.05) is 35.9 Å². The predicted octanol–water partition coefficient (Wildman–Crippen LogP) is 3.37. The molecule has 0 fully saturated rings. The Bertz CT molecular complexity index is 963. The molecule has 0 saturated heterocycles. The van der Waals surface area contributed by atoms with E-state index in [-0.39, 0.29) is 24.8 Å². The van der Waals surface area contributed by atoms with E-state index in [1.54, 1.807) is 16.7 Å². The van der Waals surface area contributed by atoms with E-state index in [2.05, 4.69) is 15.5 Å². The van der Waals surface area contributed by atoms with E-state index in [9.17, 15) is 9.18 Å². The average molecular weight is 356 g/mol. The highest BCUT2D eigenvalue weighted by atomic mass is 32.1. The van der Waals surface area contributed by atoms with Gasteiger partial charge >= 0.3 is 0 Å². The topological polar surface area (TPSA) is 62.7 Å². The highest BCUT2D eigenvalue weighted by Gasteiger charge is 2.12. The third-order valence-corrected chi connectivity index (χ3v) is 4.03. The second-order valence-electron chi connectivity index (χ2n) is 5.71. The SMILES string of the molecule is Cc1cccc(-c2n[nH]c(=S)n2CC(=O)NCc2cccc(F)c2)c1. The van der Waals surface area contributed by atoms with E-state index in [1.807, 2.05) is 31.2 Å². The molecule has 2 aromatic carbocycles. The number of rotatable bonds is 5. The monoisotopic (exact) mass is 356 g/mol.